The Morgan fingerprint density at radius 2 is 2.08 bits per heavy atom. The molecule has 2 heterocycles. The van der Waals surface area contributed by atoms with Crippen LogP contribution < -0.4 is 10.6 Å². The number of thiophene rings is 1. The van der Waals surface area contributed by atoms with Gasteiger partial charge in [-0.05, 0) is 24.4 Å². The van der Waals surface area contributed by atoms with Gasteiger partial charge in [0.2, 0.25) is 0 Å². The molecule has 1 atom stereocenters. The SMILES string of the molecule is CN=C(NCc1ncc(C)s1)NCC(O)c1cc2ccccc2s1.I. The van der Waals surface area contributed by atoms with Gasteiger partial charge < -0.3 is 15.7 Å². The lowest BCUT2D eigenvalue weighted by Gasteiger charge is -2.14. The highest BCUT2D eigenvalue weighted by Gasteiger charge is 2.12. The van der Waals surface area contributed by atoms with E-state index in [2.05, 4.69) is 32.7 Å². The van der Waals surface area contributed by atoms with E-state index in [1.54, 1.807) is 29.7 Å². The highest BCUT2D eigenvalue weighted by atomic mass is 127. The molecule has 0 spiro atoms. The van der Waals surface area contributed by atoms with Gasteiger partial charge in [0.05, 0.1) is 6.54 Å². The molecule has 0 aliphatic carbocycles. The highest BCUT2D eigenvalue weighted by Crippen LogP contribution is 2.29. The van der Waals surface area contributed by atoms with Crippen LogP contribution in [0.15, 0.2) is 41.5 Å². The zero-order valence-electron chi connectivity index (χ0n) is 14.0. The van der Waals surface area contributed by atoms with E-state index in [9.17, 15) is 5.11 Å². The third-order valence-electron chi connectivity index (χ3n) is 3.54. The lowest BCUT2D eigenvalue weighted by molar-refractivity contribution is 0.184. The molecule has 0 saturated heterocycles. The van der Waals surface area contributed by atoms with Crippen molar-refractivity contribution in [2.75, 3.05) is 13.6 Å². The number of aryl methyl sites for hydroxylation is 1. The number of guanidine groups is 1. The molecule has 3 aromatic rings. The number of fused-ring (bicyclic) bond motifs is 1. The second kappa shape index (κ2) is 9.46. The summed E-state index contributed by atoms with van der Waals surface area (Å²) in [7, 11) is 1.72. The number of nitrogens with one attached hydrogen (secondary N) is 2. The maximum absolute atomic E-state index is 10.4. The maximum Gasteiger partial charge on any atom is 0.191 e. The predicted octanol–water partition coefficient (Wildman–Crippen LogP) is 3.68. The van der Waals surface area contributed by atoms with Gasteiger partial charge in [0.1, 0.15) is 11.1 Å². The fourth-order valence-corrected chi connectivity index (χ4v) is 4.10. The Balaban J connectivity index is 0.00000225. The molecular weight excluding hydrogens is 467 g/mol. The minimum Gasteiger partial charge on any atom is -0.386 e. The molecule has 8 heteroatoms. The van der Waals surface area contributed by atoms with E-state index >= 15 is 0 Å². The average molecular weight is 488 g/mol. The van der Waals surface area contributed by atoms with Crippen molar-refractivity contribution >= 4 is 62.7 Å². The van der Waals surface area contributed by atoms with E-state index in [0.29, 0.717) is 19.0 Å². The Labute approximate surface area is 172 Å². The van der Waals surface area contributed by atoms with Gasteiger partial charge in [-0.15, -0.1) is 46.7 Å². The average Bonchev–Trinajstić information content (AvgIpc) is 3.20. The number of rotatable bonds is 5. The van der Waals surface area contributed by atoms with E-state index in [1.165, 1.54) is 9.58 Å². The number of halogens is 1. The lowest BCUT2D eigenvalue weighted by Crippen LogP contribution is -2.38. The van der Waals surface area contributed by atoms with Gasteiger partial charge in [-0.3, -0.25) is 4.99 Å². The standard InChI is InChI=1S/C17H20N4OS2.HI/c1-11-8-19-16(23-11)10-21-17(18-2)20-9-13(22)15-7-12-5-3-4-6-14(12)24-15;/h3-8,13,22H,9-10H2,1-2H3,(H2,18,20,21);1H. The summed E-state index contributed by atoms with van der Waals surface area (Å²) >= 11 is 3.28. The summed E-state index contributed by atoms with van der Waals surface area (Å²) in [6.07, 6.45) is 1.30. The van der Waals surface area contributed by atoms with Crippen LogP contribution in [0.2, 0.25) is 0 Å². The second-order valence-corrected chi connectivity index (χ2v) is 7.81. The summed E-state index contributed by atoms with van der Waals surface area (Å²) in [4.78, 5) is 10.6. The van der Waals surface area contributed by atoms with Crippen LogP contribution in [0.25, 0.3) is 10.1 Å². The van der Waals surface area contributed by atoms with Crippen molar-refractivity contribution in [3.8, 4) is 0 Å². The van der Waals surface area contributed by atoms with Crippen LogP contribution in [0.5, 0.6) is 0 Å². The van der Waals surface area contributed by atoms with Crippen molar-refractivity contribution in [1.82, 2.24) is 15.6 Å². The maximum atomic E-state index is 10.4. The van der Waals surface area contributed by atoms with Gasteiger partial charge in [0.15, 0.2) is 5.96 Å². The Bertz CT molecular complexity index is 813. The number of aliphatic imine (C=N–C) groups is 1. The first-order valence-electron chi connectivity index (χ1n) is 7.68. The van der Waals surface area contributed by atoms with E-state index in [1.807, 2.05) is 31.3 Å². The molecule has 3 rings (SSSR count). The fraction of sp³-hybridized carbons (Fsp3) is 0.294. The van der Waals surface area contributed by atoms with Crippen LogP contribution in [-0.2, 0) is 6.54 Å². The number of hydrogen-bond acceptors (Lipinski definition) is 5. The van der Waals surface area contributed by atoms with E-state index in [-0.39, 0.29) is 24.0 Å². The molecule has 1 unspecified atom stereocenters. The molecule has 134 valence electrons. The topological polar surface area (TPSA) is 69.5 Å². The van der Waals surface area contributed by atoms with E-state index < -0.39 is 6.10 Å². The van der Waals surface area contributed by atoms with Crippen LogP contribution in [0, 0.1) is 6.92 Å². The molecule has 2 aromatic heterocycles. The molecule has 0 saturated carbocycles. The largest absolute Gasteiger partial charge is 0.386 e. The zero-order valence-corrected chi connectivity index (χ0v) is 18.0. The molecule has 0 aliphatic heterocycles. The summed E-state index contributed by atoms with van der Waals surface area (Å²) < 4.78 is 1.19. The minimum atomic E-state index is -0.567. The summed E-state index contributed by atoms with van der Waals surface area (Å²) in [6.45, 7) is 3.07. The van der Waals surface area contributed by atoms with Crippen molar-refractivity contribution in [3.63, 3.8) is 0 Å². The smallest absolute Gasteiger partial charge is 0.191 e. The summed E-state index contributed by atoms with van der Waals surface area (Å²) in [5, 5.41) is 19.0. The molecular formula is C17H21IN4OS2. The quantitative estimate of drug-likeness (QED) is 0.291. The Morgan fingerprint density at radius 1 is 1.28 bits per heavy atom. The molecule has 0 aliphatic rings. The fourth-order valence-electron chi connectivity index (χ4n) is 2.32. The third kappa shape index (κ3) is 5.37. The van der Waals surface area contributed by atoms with E-state index in [4.69, 9.17) is 0 Å². The van der Waals surface area contributed by atoms with Crippen LogP contribution in [0.1, 0.15) is 20.9 Å². The van der Waals surface area contributed by atoms with Crippen LogP contribution in [-0.4, -0.2) is 29.6 Å². The first kappa shape index (κ1) is 20.1. The van der Waals surface area contributed by atoms with E-state index in [0.717, 1.165) is 15.3 Å². The summed E-state index contributed by atoms with van der Waals surface area (Å²) in [5.74, 6) is 0.656. The van der Waals surface area contributed by atoms with Gasteiger partial charge >= 0.3 is 0 Å². The Morgan fingerprint density at radius 3 is 2.76 bits per heavy atom. The monoisotopic (exact) mass is 488 g/mol. The third-order valence-corrected chi connectivity index (χ3v) is 5.67. The molecule has 1 aromatic carbocycles. The molecule has 5 nitrogen and oxygen atoms in total. The normalized spacial score (nSPS) is 12.7. The van der Waals surface area contributed by atoms with Gasteiger partial charge in [-0.25, -0.2) is 4.98 Å². The lowest BCUT2D eigenvalue weighted by atomic mass is 10.2. The number of aromatic nitrogens is 1. The molecule has 3 N–H and O–H groups in total. The Hall–Kier alpha value is -1.23. The van der Waals surface area contributed by atoms with Gasteiger partial charge in [-0.1, -0.05) is 18.2 Å². The predicted molar refractivity (Wildman–Crippen MR) is 117 cm³/mol. The van der Waals surface area contributed by atoms with Crippen molar-refractivity contribution in [2.45, 2.75) is 19.6 Å². The first-order chi connectivity index (χ1) is 11.7. The molecule has 0 bridgehead atoms. The van der Waals surface area contributed by atoms with Crippen LogP contribution >= 0.6 is 46.7 Å². The van der Waals surface area contributed by atoms with Crippen LogP contribution in [0.4, 0.5) is 0 Å². The number of benzene rings is 1. The van der Waals surface area contributed by atoms with Crippen LogP contribution in [0.3, 0.4) is 0 Å². The number of hydrogen-bond donors (Lipinski definition) is 3. The van der Waals surface area contributed by atoms with Crippen molar-refractivity contribution in [2.24, 2.45) is 4.99 Å². The number of aliphatic hydroxyl groups is 1. The van der Waals surface area contributed by atoms with Crippen molar-refractivity contribution < 1.29 is 5.11 Å². The minimum absolute atomic E-state index is 0. The van der Waals surface area contributed by atoms with Gasteiger partial charge in [0, 0.05) is 34.2 Å². The number of thiazole rings is 1. The number of nitrogens with zero attached hydrogens (tertiary/aromatic N) is 2. The zero-order chi connectivity index (χ0) is 16.9. The Kier molecular flexibility index (Phi) is 7.60. The molecule has 25 heavy (non-hydrogen) atoms. The highest BCUT2D eigenvalue weighted by molar-refractivity contribution is 14.0. The van der Waals surface area contributed by atoms with Gasteiger partial charge in [-0.2, -0.15) is 0 Å². The molecule has 0 fully saturated rings. The second-order valence-electron chi connectivity index (χ2n) is 5.37. The first-order valence-corrected chi connectivity index (χ1v) is 9.31. The van der Waals surface area contributed by atoms with Crippen molar-refractivity contribution in [1.29, 1.82) is 0 Å². The molecule has 0 radical (unpaired) electrons. The van der Waals surface area contributed by atoms with Gasteiger partial charge in [0.25, 0.3) is 0 Å². The summed E-state index contributed by atoms with van der Waals surface area (Å²) in [6, 6.07) is 10.2. The summed E-state index contributed by atoms with van der Waals surface area (Å²) in [5.41, 5.74) is 0. The molecule has 0 amide bonds. The number of aliphatic hydroxyl groups excluding tert-OH is 1. The van der Waals surface area contributed by atoms with Crippen molar-refractivity contribution in [3.05, 3.63) is 51.3 Å².